The SMILES string of the molecule is C=C1CCCC(=O)N1.CCCC(N)CCC(C)CC.Cc1cc(C)cc(F)c1. The van der Waals surface area contributed by atoms with Crippen molar-refractivity contribution in [1.29, 1.82) is 0 Å². The number of hydrogen-bond acceptors (Lipinski definition) is 2. The second-order valence-corrected chi connectivity index (χ2v) is 7.95. The summed E-state index contributed by atoms with van der Waals surface area (Å²) in [6.07, 6.45) is 8.80. The molecule has 1 aromatic rings. The van der Waals surface area contributed by atoms with Gasteiger partial charge in [-0.25, -0.2) is 4.39 Å². The van der Waals surface area contributed by atoms with Gasteiger partial charge in [0.2, 0.25) is 5.91 Å². The minimum Gasteiger partial charge on any atom is -0.330 e. The zero-order valence-corrected chi connectivity index (χ0v) is 18.6. The van der Waals surface area contributed by atoms with Crippen molar-refractivity contribution in [1.82, 2.24) is 5.32 Å². The summed E-state index contributed by atoms with van der Waals surface area (Å²) in [5.41, 5.74) is 8.71. The zero-order chi connectivity index (χ0) is 21.5. The number of carbonyl (C=O) groups is 1. The van der Waals surface area contributed by atoms with Crippen molar-refractivity contribution in [3.63, 3.8) is 0 Å². The Hall–Kier alpha value is -1.68. The van der Waals surface area contributed by atoms with Gasteiger partial charge in [0, 0.05) is 18.2 Å². The van der Waals surface area contributed by atoms with Crippen LogP contribution in [0.1, 0.15) is 83.3 Å². The molecule has 2 atom stereocenters. The molecule has 4 heteroatoms. The highest BCUT2D eigenvalue weighted by atomic mass is 19.1. The molecule has 1 amide bonds. The molecule has 3 N–H and O–H groups in total. The van der Waals surface area contributed by atoms with Gasteiger partial charge in [-0.2, -0.15) is 0 Å². The fraction of sp³-hybridized carbons (Fsp3) is 0.625. The molecule has 2 unspecified atom stereocenters. The summed E-state index contributed by atoms with van der Waals surface area (Å²) in [4.78, 5) is 10.5. The maximum absolute atomic E-state index is 12.4. The molecule has 0 spiro atoms. The summed E-state index contributed by atoms with van der Waals surface area (Å²) in [6.45, 7) is 14.2. The van der Waals surface area contributed by atoms with Crippen LogP contribution >= 0.6 is 0 Å². The lowest BCUT2D eigenvalue weighted by Crippen LogP contribution is -2.25. The number of piperidine rings is 1. The number of hydrogen-bond donors (Lipinski definition) is 2. The average Bonchev–Trinajstić information content (AvgIpc) is 2.59. The highest BCUT2D eigenvalue weighted by Gasteiger charge is 2.08. The van der Waals surface area contributed by atoms with Crippen LogP contribution in [0.3, 0.4) is 0 Å². The Balaban J connectivity index is 0.000000395. The van der Waals surface area contributed by atoms with Crippen molar-refractivity contribution < 1.29 is 9.18 Å². The van der Waals surface area contributed by atoms with E-state index in [1.165, 1.54) is 44.2 Å². The number of carbonyl (C=O) groups excluding carboxylic acids is 1. The molecule has 0 aromatic heterocycles. The second-order valence-electron chi connectivity index (χ2n) is 7.95. The summed E-state index contributed by atoms with van der Waals surface area (Å²) in [5.74, 6) is 0.826. The van der Waals surface area contributed by atoms with E-state index >= 15 is 0 Å². The van der Waals surface area contributed by atoms with E-state index in [1.807, 2.05) is 19.9 Å². The zero-order valence-electron chi connectivity index (χ0n) is 18.6. The molecule has 3 nitrogen and oxygen atoms in total. The second kappa shape index (κ2) is 15.3. The maximum Gasteiger partial charge on any atom is 0.224 e. The Morgan fingerprint density at radius 3 is 2.11 bits per heavy atom. The number of amides is 1. The van der Waals surface area contributed by atoms with Crippen molar-refractivity contribution in [2.24, 2.45) is 11.7 Å². The molecule has 1 aromatic carbocycles. The summed E-state index contributed by atoms with van der Waals surface area (Å²) in [6, 6.07) is 5.44. The van der Waals surface area contributed by atoms with Crippen LogP contribution < -0.4 is 11.1 Å². The minimum absolute atomic E-state index is 0.112. The lowest BCUT2D eigenvalue weighted by atomic mass is 9.98. The summed E-state index contributed by atoms with van der Waals surface area (Å²) in [7, 11) is 0. The summed E-state index contributed by atoms with van der Waals surface area (Å²) >= 11 is 0. The molecule has 1 aliphatic rings. The van der Waals surface area contributed by atoms with Crippen LogP contribution in [0.25, 0.3) is 0 Å². The number of nitrogens with one attached hydrogen (secondary N) is 1. The highest BCUT2D eigenvalue weighted by Crippen LogP contribution is 2.12. The van der Waals surface area contributed by atoms with Gasteiger partial charge < -0.3 is 11.1 Å². The molecular formula is C24H41FN2O. The lowest BCUT2D eigenvalue weighted by molar-refractivity contribution is -0.121. The van der Waals surface area contributed by atoms with E-state index in [4.69, 9.17) is 5.73 Å². The Bertz CT molecular complexity index is 521. The van der Waals surface area contributed by atoms with Crippen LogP contribution in [-0.4, -0.2) is 11.9 Å². The van der Waals surface area contributed by atoms with Crippen LogP contribution in [0.5, 0.6) is 0 Å². The standard InChI is InChI=1S/C10H23N.C8H9F.C6H9NO/c1-4-6-10(11)8-7-9(3)5-2;1-6-3-7(2)5-8(9)4-6;1-5-3-2-4-6(8)7-5/h9-10H,4-8,11H2,1-3H3;3-5H,1-2H3;1-4H2,(H,7,8). The fourth-order valence-electron chi connectivity index (χ4n) is 2.92. The Morgan fingerprint density at radius 1 is 1.11 bits per heavy atom. The number of allylic oxidation sites excluding steroid dienone is 1. The molecule has 1 aliphatic heterocycles. The van der Waals surface area contributed by atoms with E-state index in [1.54, 1.807) is 0 Å². The monoisotopic (exact) mass is 392 g/mol. The van der Waals surface area contributed by atoms with Gasteiger partial charge in [0.1, 0.15) is 5.82 Å². The van der Waals surface area contributed by atoms with Gasteiger partial charge in [-0.05, 0) is 75.1 Å². The van der Waals surface area contributed by atoms with Crippen LogP contribution in [0.15, 0.2) is 30.5 Å². The van der Waals surface area contributed by atoms with E-state index in [2.05, 4.69) is 32.7 Å². The largest absolute Gasteiger partial charge is 0.330 e. The van der Waals surface area contributed by atoms with Crippen molar-refractivity contribution in [2.75, 3.05) is 0 Å². The van der Waals surface area contributed by atoms with Gasteiger partial charge >= 0.3 is 0 Å². The summed E-state index contributed by atoms with van der Waals surface area (Å²) < 4.78 is 12.4. The molecule has 1 fully saturated rings. The van der Waals surface area contributed by atoms with Crippen molar-refractivity contribution in [2.45, 2.75) is 92.0 Å². The molecule has 0 bridgehead atoms. The molecule has 1 saturated heterocycles. The van der Waals surface area contributed by atoms with Crippen molar-refractivity contribution >= 4 is 5.91 Å². The van der Waals surface area contributed by atoms with Gasteiger partial charge in [-0.1, -0.05) is 46.3 Å². The number of halogens is 1. The van der Waals surface area contributed by atoms with E-state index in [0.717, 1.165) is 35.6 Å². The first-order chi connectivity index (χ1) is 13.2. The van der Waals surface area contributed by atoms with E-state index in [9.17, 15) is 9.18 Å². The normalized spacial score (nSPS) is 15.4. The predicted molar refractivity (Wildman–Crippen MR) is 119 cm³/mol. The number of aryl methyl sites for hydroxylation is 2. The molecule has 0 aliphatic carbocycles. The fourth-order valence-corrected chi connectivity index (χ4v) is 2.92. The van der Waals surface area contributed by atoms with E-state index in [0.29, 0.717) is 12.5 Å². The first-order valence-electron chi connectivity index (χ1n) is 10.6. The molecule has 28 heavy (non-hydrogen) atoms. The van der Waals surface area contributed by atoms with Crippen LogP contribution in [0.4, 0.5) is 4.39 Å². The molecule has 0 radical (unpaired) electrons. The quantitative estimate of drug-likeness (QED) is 0.607. The summed E-state index contributed by atoms with van der Waals surface area (Å²) in [5, 5.41) is 2.65. The van der Waals surface area contributed by atoms with Gasteiger partial charge in [0.05, 0.1) is 0 Å². The predicted octanol–water partition coefficient (Wildman–Crippen LogP) is 6.18. The molecule has 0 saturated carbocycles. The van der Waals surface area contributed by atoms with Crippen LogP contribution in [0, 0.1) is 25.6 Å². The van der Waals surface area contributed by atoms with Gasteiger partial charge in [-0.15, -0.1) is 0 Å². The number of nitrogens with two attached hydrogens (primary N) is 1. The first-order valence-corrected chi connectivity index (χ1v) is 10.6. The van der Waals surface area contributed by atoms with Gasteiger partial charge in [0.15, 0.2) is 0 Å². The Kier molecular flexibility index (Phi) is 14.4. The third-order valence-electron chi connectivity index (χ3n) is 4.77. The molecule has 1 heterocycles. The smallest absolute Gasteiger partial charge is 0.224 e. The van der Waals surface area contributed by atoms with Crippen molar-refractivity contribution in [3.05, 3.63) is 47.4 Å². The van der Waals surface area contributed by atoms with Crippen LogP contribution in [0.2, 0.25) is 0 Å². The maximum atomic E-state index is 12.4. The molecular weight excluding hydrogens is 351 g/mol. The first kappa shape index (κ1) is 26.3. The third-order valence-corrected chi connectivity index (χ3v) is 4.77. The Labute approximate surface area is 172 Å². The highest BCUT2D eigenvalue weighted by molar-refractivity contribution is 5.78. The Morgan fingerprint density at radius 2 is 1.71 bits per heavy atom. The topological polar surface area (TPSA) is 55.1 Å². The van der Waals surface area contributed by atoms with Crippen molar-refractivity contribution in [3.8, 4) is 0 Å². The number of rotatable bonds is 6. The number of benzene rings is 1. The van der Waals surface area contributed by atoms with Gasteiger partial charge in [-0.3, -0.25) is 4.79 Å². The van der Waals surface area contributed by atoms with E-state index < -0.39 is 0 Å². The van der Waals surface area contributed by atoms with E-state index in [-0.39, 0.29) is 11.7 Å². The third kappa shape index (κ3) is 14.4. The molecule has 160 valence electrons. The average molecular weight is 393 g/mol. The lowest BCUT2D eigenvalue weighted by Gasteiger charge is -2.12. The minimum atomic E-state index is -0.146. The van der Waals surface area contributed by atoms with Crippen LogP contribution in [-0.2, 0) is 4.79 Å². The van der Waals surface area contributed by atoms with Gasteiger partial charge in [0.25, 0.3) is 0 Å². The molecule has 2 rings (SSSR count).